The molecule has 1 unspecified atom stereocenters. The van der Waals surface area contributed by atoms with E-state index in [-0.39, 0.29) is 5.82 Å². The van der Waals surface area contributed by atoms with Gasteiger partial charge in [0.1, 0.15) is 5.82 Å². The van der Waals surface area contributed by atoms with E-state index < -0.39 is 0 Å². The van der Waals surface area contributed by atoms with Gasteiger partial charge in [0.2, 0.25) is 0 Å². The van der Waals surface area contributed by atoms with Gasteiger partial charge in [-0.25, -0.2) is 4.39 Å². The van der Waals surface area contributed by atoms with Crippen LogP contribution in [0, 0.1) is 18.7 Å². The molecule has 2 rings (SSSR count). The highest BCUT2D eigenvalue weighted by Crippen LogP contribution is 2.30. The molecule has 1 N–H and O–H groups in total. The summed E-state index contributed by atoms with van der Waals surface area (Å²) < 4.78 is 13.2. The van der Waals surface area contributed by atoms with Crippen LogP contribution in [0.15, 0.2) is 18.2 Å². The van der Waals surface area contributed by atoms with E-state index in [1.54, 1.807) is 6.07 Å². The SMILES string of the molecule is Cc1cc(C(C2CNC2)N(C)C)ccc1F. The second kappa shape index (κ2) is 4.52. The normalized spacial score (nSPS) is 18.6. The van der Waals surface area contributed by atoms with Crippen LogP contribution in [0.5, 0.6) is 0 Å². The first-order chi connectivity index (χ1) is 7.59. The molecule has 0 aliphatic carbocycles. The van der Waals surface area contributed by atoms with Crippen LogP contribution in [-0.2, 0) is 0 Å². The van der Waals surface area contributed by atoms with Crippen molar-refractivity contribution in [2.45, 2.75) is 13.0 Å². The summed E-state index contributed by atoms with van der Waals surface area (Å²) in [6.07, 6.45) is 0. The van der Waals surface area contributed by atoms with Gasteiger partial charge in [0.25, 0.3) is 0 Å². The van der Waals surface area contributed by atoms with E-state index in [0.717, 1.165) is 18.7 Å². The smallest absolute Gasteiger partial charge is 0.126 e. The van der Waals surface area contributed by atoms with Crippen molar-refractivity contribution in [2.24, 2.45) is 5.92 Å². The third kappa shape index (κ3) is 2.11. The Morgan fingerprint density at radius 3 is 2.50 bits per heavy atom. The second-order valence-corrected chi connectivity index (χ2v) is 4.84. The molecule has 1 fully saturated rings. The average Bonchev–Trinajstić information content (AvgIpc) is 2.15. The molecule has 0 radical (unpaired) electrons. The zero-order valence-electron chi connectivity index (χ0n) is 10.1. The zero-order valence-corrected chi connectivity index (χ0v) is 10.1. The van der Waals surface area contributed by atoms with E-state index in [2.05, 4.69) is 24.3 Å². The number of rotatable bonds is 3. The monoisotopic (exact) mass is 222 g/mol. The highest BCUT2D eigenvalue weighted by atomic mass is 19.1. The largest absolute Gasteiger partial charge is 0.316 e. The Morgan fingerprint density at radius 2 is 2.06 bits per heavy atom. The number of nitrogens with one attached hydrogen (secondary N) is 1. The minimum Gasteiger partial charge on any atom is -0.316 e. The topological polar surface area (TPSA) is 15.3 Å². The van der Waals surface area contributed by atoms with Crippen molar-refractivity contribution in [3.63, 3.8) is 0 Å². The maximum Gasteiger partial charge on any atom is 0.126 e. The van der Waals surface area contributed by atoms with Gasteiger partial charge in [0, 0.05) is 25.0 Å². The molecule has 3 heteroatoms. The Hall–Kier alpha value is -0.930. The van der Waals surface area contributed by atoms with Gasteiger partial charge in [-0.15, -0.1) is 0 Å². The van der Waals surface area contributed by atoms with E-state index in [1.807, 2.05) is 19.1 Å². The third-order valence-corrected chi connectivity index (χ3v) is 3.34. The van der Waals surface area contributed by atoms with Crippen LogP contribution in [0.1, 0.15) is 17.2 Å². The second-order valence-electron chi connectivity index (χ2n) is 4.84. The zero-order chi connectivity index (χ0) is 11.7. The van der Waals surface area contributed by atoms with Gasteiger partial charge in [-0.05, 0) is 38.2 Å². The molecule has 1 aromatic carbocycles. The molecule has 1 saturated heterocycles. The molecule has 1 aliphatic heterocycles. The molecule has 1 heterocycles. The van der Waals surface area contributed by atoms with E-state index in [9.17, 15) is 4.39 Å². The minimum atomic E-state index is -0.118. The minimum absolute atomic E-state index is 0.118. The number of nitrogens with zero attached hydrogens (tertiary/aromatic N) is 1. The van der Waals surface area contributed by atoms with E-state index in [0.29, 0.717) is 12.0 Å². The van der Waals surface area contributed by atoms with Crippen molar-refractivity contribution in [3.05, 3.63) is 35.1 Å². The number of hydrogen-bond acceptors (Lipinski definition) is 2. The first kappa shape index (κ1) is 11.6. The summed E-state index contributed by atoms with van der Waals surface area (Å²) in [6.45, 7) is 3.93. The lowest BCUT2D eigenvalue weighted by Crippen LogP contribution is -2.48. The maximum absolute atomic E-state index is 13.2. The quantitative estimate of drug-likeness (QED) is 0.841. The molecule has 0 saturated carbocycles. The van der Waals surface area contributed by atoms with Crippen molar-refractivity contribution >= 4 is 0 Å². The molecule has 88 valence electrons. The number of aryl methyl sites for hydroxylation is 1. The van der Waals surface area contributed by atoms with Crippen LogP contribution in [0.25, 0.3) is 0 Å². The van der Waals surface area contributed by atoms with Crippen LogP contribution in [0.3, 0.4) is 0 Å². The summed E-state index contributed by atoms with van der Waals surface area (Å²) in [7, 11) is 4.17. The Morgan fingerprint density at radius 1 is 1.38 bits per heavy atom. The number of halogens is 1. The third-order valence-electron chi connectivity index (χ3n) is 3.34. The van der Waals surface area contributed by atoms with Gasteiger partial charge in [-0.1, -0.05) is 12.1 Å². The van der Waals surface area contributed by atoms with Gasteiger partial charge in [-0.3, -0.25) is 0 Å². The summed E-state index contributed by atoms with van der Waals surface area (Å²) in [5.74, 6) is 0.521. The molecular weight excluding hydrogens is 203 g/mol. The van der Waals surface area contributed by atoms with Crippen LogP contribution < -0.4 is 5.32 Å². The Kier molecular flexibility index (Phi) is 3.26. The van der Waals surface area contributed by atoms with Crippen molar-refractivity contribution in [1.82, 2.24) is 10.2 Å². The Bertz CT molecular complexity index is 372. The average molecular weight is 222 g/mol. The van der Waals surface area contributed by atoms with Gasteiger partial charge < -0.3 is 10.2 Å². The standard InChI is InChI=1S/C13H19FN2/c1-9-6-10(4-5-12(9)14)13(16(2)3)11-7-15-8-11/h4-6,11,13,15H,7-8H2,1-3H3. The fourth-order valence-electron chi connectivity index (χ4n) is 2.38. The maximum atomic E-state index is 13.2. The lowest BCUT2D eigenvalue weighted by molar-refractivity contribution is 0.161. The molecule has 2 nitrogen and oxygen atoms in total. The van der Waals surface area contributed by atoms with Crippen LogP contribution in [0.4, 0.5) is 4.39 Å². The van der Waals surface area contributed by atoms with Crippen molar-refractivity contribution in [1.29, 1.82) is 0 Å². The molecule has 1 aromatic rings. The fourth-order valence-corrected chi connectivity index (χ4v) is 2.38. The molecule has 16 heavy (non-hydrogen) atoms. The lowest BCUT2D eigenvalue weighted by atomic mass is 9.87. The van der Waals surface area contributed by atoms with E-state index >= 15 is 0 Å². The van der Waals surface area contributed by atoms with Gasteiger partial charge in [0.05, 0.1) is 0 Å². The van der Waals surface area contributed by atoms with Crippen molar-refractivity contribution < 1.29 is 4.39 Å². The number of benzene rings is 1. The predicted octanol–water partition coefficient (Wildman–Crippen LogP) is 1.96. The number of hydrogen-bond donors (Lipinski definition) is 1. The highest BCUT2D eigenvalue weighted by Gasteiger charge is 2.29. The molecule has 0 bridgehead atoms. The van der Waals surface area contributed by atoms with Gasteiger partial charge in [0.15, 0.2) is 0 Å². The Balaban J connectivity index is 2.27. The van der Waals surface area contributed by atoms with Crippen LogP contribution in [0.2, 0.25) is 0 Å². The van der Waals surface area contributed by atoms with Crippen LogP contribution >= 0.6 is 0 Å². The predicted molar refractivity (Wildman–Crippen MR) is 63.9 cm³/mol. The summed E-state index contributed by atoms with van der Waals surface area (Å²) >= 11 is 0. The van der Waals surface area contributed by atoms with Gasteiger partial charge >= 0.3 is 0 Å². The summed E-state index contributed by atoms with van der Waals surface area (Å²) in [6, 6.07) is 5.84. The molecule has 0 spiro atoms. The fraction of sp³-hybridized carbons (Fsp3) is 0.538. The molecule has 0 aromatic heterocycles. The molecule has 0 amide bonds. The first-order valence-corrected chi connectivity index (χ1v) is 5.73. The molecule has 1 atom stereocenters. The summed E-state index contributed by atoms with van der Waals surface area (Å²) in [5.41, 5.74) is 1.95. The molecule has 1 aliphatic rings. The highest BCUT2D eigenvalue weighted by molar-refractivity contribution is 5.27. The van der Waals surface area contributed by atoms with Crippen LogP contribution in [-0.4, -0.2) is 32.1 Å². The Labute approximate surface area is 96.5 Å². The van der Waals surface area contributed by atoms with E-state index in [1.165, 1.54) is 5.56 Å². The van der Waals surface area contributed by atoms with E-state index in [4.69, 9.17) is 0 Å². The first-order valence-electron chi connectivity index (χ1n) is 5.73. The van der Waals surface area contributed by atoms with Crippen molar-refractivity contribution in [2.75, 3.05) is 27.2 Å². The van der Waals surface area contributed by atoms with Crippen molar-refractivity contribution in [3.8, 4) is 0 Å². The van der Waals surface area contributed by atoms with Gasteiger partial charge in [-0.2, -0.15) is 0 Å². The summed E-state index contributed by atoms with van der Waals surface area (Å²) in [5, 5.41) is 3.29. The summed E-state index contributed by atoms with van der Waals surface area (Å²) in [4.78, 5) is 2.22. The molecular formula is C13H19FN2. The lowest BCUT2D eigenvalue weighted by Gasteiger charge is -2.39.